The van der Waals surface area contributed by atoms with Crippen LogP contribution in [0.15, 0.2) is 42.5 Å². The summed E-state index contributed by atoms with van der Waals surface area (Å²) in [6, 6.07) is 13.2. The molecular weight excluding hydrogens is 330 g/mol. The second kappa shape index (κ2) is 7.91. The third kappa shape index (κ3) is 3.96. The van der Waals surface area contributed by atoms with Gasteiger partial charge in [-0.2, -0.15) is 0 Å². The van der Waals surface area contributed by atoms with Gasteiger partial charge in [-0.25, -0.2) is 4.79 Å². The number of fused-ring (bicyclic) bond motifs is 1. The zero-order chi connectivity index (χ0) is 18.5. The number of urea groups is 1. The first-order valence-corrected chi connectivity index (χ1v) is 8.66. The standard InChI is InChI=1S/C20H23N3O3/c1-14(24)23-12-10-15-7-8-17(13-18(15)23)22-20(25)21-11-9-16-5-3-4-6-19(16)26-2/h3-8,13H,9-12H2,1-2H3,(H2,21,22,25). The highest BCUT2D eigenvalue weighted by molar-refractivity contribution is 5.96. The van der Waals surface area contributed by atoms with Crippen LogP contribution in [0.2, 0.25) is 0 Å². The van der Waals surface area contributed by atoms with Crippen LogP contribution in [0, 0.1) is 0 Å². The lowest BCUT2D eigenvalue weighted by Gasteiger charge is -2.16. The van der Waals surface area contributed by atoms with Gasteiger partial charge in [-0.15, -0.1) is 0 Å². The van der Waals surface area contributed by atoms with Crippen molar-refractivity contribution in [2.45, 2.75) is 19.8 Å². The van der Waals surface area contributed by atoms with Gasteiger partial charge < -0.3 is 20.3 Å². The number of nitrogens with zero attached hydrogens (tertiary/aromatic N) is 1. The molecule has 0 bridgehead atoms. The lowest BCUT2D eigenvalue weighted by Crippen LogP contribution is -2.30. The first-order chi connectivity index (χ1) is 12.6. The van der Waals surface area contributed by atoms with E-state index in [0.29, 0.717) is 25.2 Å². The number of hydrogen-bond acceptors (Lipinski definition) is 3. The van der Waals surface area contributed by atoms with Crippen molar-refractivity contribution in [2.75, 3.05) is 30.4 Å². The van der Waals surface area contributed by atoms with Gasteiger partial charge in [0.1, 0.15) is 5.75 Å². The van der Waals surface area contributed by atoms with Gasteiger partial charge in [0.2, 0.25) is 5.91 Å². The number of benzene rings is 2. The zero-order valence-electron chi connectivity index (χ0n) is 15.0. The molecule has 1 heterocycles. The minimum absolute atomic E-state index is 0.0159. The minimum Gasteiger partial charge on any atom is -0.496 e. The number of methoxy groups -OCH3 is 1. The Balaban J connectivity index is 1.56. The first-order valence-electron chi connectivity index (χ1n) is 8.66. The lowest BCUT2D eigenvalue weighted by molar-refractivity contribution is -0.116. The molecule has 136 valence electrons. The summed E-state index contributed by atoms with van der Waals surface area (Å²) < 4.78 is 5.31. The van der Waals surface area contributed by atoms with Crippen LogP contribution >= 0.6 is 0 Å². The molecule has 1 aliphatic rings. The molecule has 2 N–H and O–H groups in total. The van der Waals surface area contributed by atoms with Crippen LogP contribution in [0.5, 0.6) is 5.75 Å². The van der Waals surface area contributed by atoms with E-state index in [2.05, 4.69) is 10.6 Å². The van der Waals surface area contributed by atoms with Crippen molar-refractivity contribution in [1.29, 1.82) is 0 Å². The number of rotatable bonds is 5. The molecule has 2 aromatic carbocycles. The fraction of sp³-hybridized carbons (Fsp3) is 0.300. The summed E-state index contributed by atoms with van der Waals surface area (Å²) in [6.07, 6.45) is 1.53. The number of para-hydroxylation sites is 1. The molecule has 0 fully saturated rings. The second-order valence-electron chi connectivity index (χ2n) is 6.21. The molecule has 3 amide bonds. The van der Waals surface area contributed by atoms with E-state index in [0.717, 1.165) is 29.0 Å². The van der Waals surface area contributed by atoms with Crippen molar-refractivity contribution >= 4 is 23.3 Å². The average Bonchev–Trinajstić information content (AvgIpc) is 3.05. The van der Waals surface area contributed by atoms with Crippen LogP contribution in [0.25, 0.3) is 0 Å². The third-order valence-corrected chi connectivity index (χ3v) is 4.49. The third-order valence-electron chi connectivity index (χ3n) is 4.49. The van der Waals surface area contributed by atoms with Crippen LogP contribution in [-0.4, -0.2) is 32.1 Å². The number of anilines is 2. The quantitative estimate of drug-likeness (QED) is 0.868. The highest BCUT2D eigenvalue weighted by Gasteiger charge is 2.22. The summed E-state index contributed by atoms with van der Waals surface area (Å²) in [5, 5.41) is 5.67. The van der Waals surface area contributed by atoms with Crippen LogP contribution in [0.3, 0.4) is 0 Å². The molecule has 0 aromatic heterocycles. The van der Waals surface area contributed by atoms with Gasteiger partial charge in [-0.3, -0.25) is 4.79 Å². The summed E-state index contributed by atoms with van der Waals surface area (Å²) in [6.45, 7) is 2.75. The van der Waals surface area contributed by atoms with Gasteiger partial charge >= 0.3 is 6.03 Å². The Labute approximate surface area is 153 Å². The second-order valence-corrected chi connectivity index (χ2v) is 6.21. The van der Waals surface area contributed by atoms with E-state index < -0.39 is 0 Å². The minimum atomic E-state index is -0.271. The largest absolute Gasteiger partial charge is 0.496 e. The Kier molecular flexibility index (Phi) is 5.41. The smallest absolute Gasteiger partial charge is 0.319 e. The maximum Gasteiger partial charge on any atom is 0.319 e. The van der Waals surface area contributed by atoms with E-state index in [1.54, 1.807) is 18.9 Å². The van der Waals surface area contributed by atoms with Crippen molar-refractivity contribution in [3.63, 3.8) is 0 Å². The van der Waals surface area contributed by atoms with Crippen LogP contribution < -0.4 is 20.3 Å². The highest BCUT2D eigenvalue weighted by atomic mass is 16.5. The number of carbonyl (C=O) groups excluding carboxylic acids is 2. The Hall–Kier alpha value is -3.02. The predicted octanol–water partition coefficient (Wildman–Crippen LogP) is 2.97. The number of ether oxygens (including phenoxy) is 1. The molecule has 6 heteroatoms. The number of carbonyl (C=O) groups is 2. The summed E-state index contributed by atoms with van der Waals surface area (Å²) in [4.78, 5) is 25.6. The van der Waals surface area contributed by atoms with Gasteiger partial charge in [-0.05, 0) is 42.2 Å². The van der Waals surface area contributed by atoms with Gasteiger partial charge in [0, 0.05) is 31.4 Å². The van der Waals surface area contributed by atoms with Crippen LogP contribution in [0.1, 0.15) is 18.1 Å². The van der Waals surface area contributed by atoms with E-state index >= 15 is 0 Å². The van der Waals surface area contributed by atoms with E-state index in [1.807, 2.05) is 42.5 Å². The van der Waals surface area contributed by atoms with Crippen molar-refractivity contribution in [3.05, 3.63) is 53.6 Å². The normalized spacial score (nSPS) is 12.5. The van der Waals surface area contributed by atoms with Crippen molar-refractivity contribution in [1.82, 2.24) is 5.32 Å². The maximum atomic E-state index is 12.1. The molecule has 2 aromatic rings. The average molecular weight is 353 g/mol. The van der Waals surface area contributed by atoms with Crippen LogP contribution in [0.4, 0.5) is 16.2 Å². The highest BCUT2D eigenvalue weighted by Crippen LogP contribution is 2.30. The summed E-state index contributed by atoms with van der Waals surface area (Å²) in [5.74, 6) is 0.833. The van der Waals surface area contributed by atoms with Gasteiger partial charge in [0.15, 0.2) is 0 Å². The molecule has 0 saturated heterocycles. The van der Waals surface area contributed by atoms with E-state index in [4.69, 9.17) is 4.74 Å². The first kappa shape index (κ1) is 17.8. The van der Waals surface area contributed by atoms with E-state index in [-0.39, 0.29) is 11.9 Å². The molecule has 6 nitrogen and oxygen atoms in total. The predicted molar refractivity (Wildman–Crippen MR) is 102 cm³/mol. The molecule has 0 aliphatic carbocycles. The molecule has 3 rings (SSSR count). The van der Waals surface area contributed by atoms with Crippen molar-refractivity contribution in [2.24, 2.45) is 0 Å². The van der Waals surface area contributed by atoms with Crippen molar-refractivity contribution in [3.8, 4) is 5.75 Å². The molecule has 0 saturated carbocycles. The zero-order valence-corrected chi connectivity index (χ0v) is 15.0. The molecule has 0 unspecified atom stereocenters. The Morgan fingerprint density at radius 3 is 2.77 bits per heavy atom. The molecular formula is C20H23N3O3. The van der Waals surface area contributed by atoms with Gasteiger partial charge in [0.05, 0.1) is 7.11 Å². The lowest BCUT2D eigenvalue weighted by atomic mass is 10.1. The molecule has 0 radical (unpaired) electrons. The fourth-order valence-electron chi connectivity index (χ4n) is 3.18. The van der Waals surface area contributed by atoms with Gasteiger partial charge in [-0.1, -0.05) is 24.3 Å². The van der Waals surface area contributed by atoms with E-state index in [9.17, 15) is 9.59 Å². The summed E-state index contributed by atoms with van der Waals surface area (Å²) in [7, 11) is 1.64. The monoisotopic (exact) mass is 353 g/mol. The Morgan fingerprint density at radius 2 is 2.00 bits per heavy atom. The summed E-state index contributed by atoms with van der Waals surface area (Å²) in [5.41, 5.74) is 3.73. The number of nitrogens with one attached hydrogen (secondary N) is 2. The fourth-order valence-corrected chi connectivity index (χ4v) is 3.18. The molecule has 0 spiro atoms. The molecule has 26 heavy (non-hydrogen) atoms. The van der Waals surface area contributed by atoms with Crippen molar-refractivity contribution < 1.29 is 14.3 Å². The molecule has 1 aliphatic heterocycles. The number of amides is 3. The Bertz CT molecular complexity index is 820. The number of hydrogen-bond donors (Lipinski definition) is 2. The maximum absolute atomic E-state index is 12.1. The van der Waals surface area contributed by atoms with Crippen LogP contribution in [-0.2, 0) is 17.6 Å². The molecule has 0 atom stereocenters. The van der Waals surface area contributed by atoms with E-state index in [1.165, 1.54) is 0 Å². The Morgan fingerprint density at radius 1 is 1.19 bits per heavy atom. The van der Waals surface area contributed by atoms with Gasteiger partial charge in [0.25, 0.3) is 0 Å². The topological polar surface area (TPSA) is 70.7 Å². The SMILES string of the molecule is COc1ccccc1CCNC(=O)Nc1ccc2c(c1)N(C(C)=O)CC2. The summed E-state index contributed by atoms with van der Waals surface area (Å²) >= 11 is 0.